The SMILES string of the molecule is CCCC(=O)c1c(O)c(C)c(OC)c(Cc2c(O)c(C)c(O)c(C(C)=O)c2O)c1O. The number of hydrogen-bond acceptors (Lipinski definition) is 8. The number of phenols is 5. The van der Waals surface area contributed by atoms with Gasteiger partial charge in [-0.05, 0) is 27.2 Å². The Morgan fingerprint density at radius 3 is 1.83 bits per heavy atom. The van der Waals surface area contributed by atoms with Gasteiger partial charge in [0.25, 0.3) is 0 Å². The van der Waals surface area contributed by atoms with Gasteiger partial charge >= 0.3 is 0 Å². The molecule has 5 N–H and O–H groups in total. The molecule has 0 spiro atoms. The molecule has 0 aliphatic heterocycles. The summed E-state index contributed by atoms with van der Waals surface area (Å²) < 4.78 is 5.31. The molecular formula is C22H26O8. The minimum absolute atomic E-state index is 0.0239. The molecule has 8 nitrogen and oxygen atoms in total. The van der Waals surface area contributed by atoms with Crippen LogP contribution in [0.5, 0.6) is 34.5 Å². The number of carbonyl (C=O) groups excluding carboxylic acids is 2. The highest BCUT2D eigenvalue weighted by atomic mass is 16.5. The molecule has 0 unspecified atom stereocenters. The van der Waals surface area contributed by atoms with E-state index in [1.807, 2.05) is 0 Å². The largest absolute Gasteiger partial charge is 0.507 e. The summed E-state index contributed by atoms with van der Waals surface area (Å²) in [6, 6.07) is 0. The third kappa shape index (κ3) is 3.60. The second-order valence-corrected chi connectivity index (χ2v) is 7.14. The Kier molecular flexibility index (Phi) is 6.50. The predicted octanol–water partition coefficient (Wildman–Crippen LogP) is 3.62. The maximum absolute atomic E-state index is 12.5. The third-order valence-corrected chi connectivity index (χ3v) is 5.15. The lowest BCUT2D eigenvalue weighted by Crippen LogP contribution is -2.07. The quantitative estimate of drug-likeness (QED) is 0.429. The first-order chi connectivity index (χ1) is 14.0. The summed E-state index contributed by atoms with van der Waals surface area (Å²) in [5.41, 5.74) is -0.557. The molecule has 2 aromatic rings. The molecular weight excluding hydrogens is 392 g/mol. The van der Waals surface area contributed by atoms with E-state index < -0.39 is 40.3 Å². The number of hydrogen-bond donors (Lipinski definition) is 5. The van der Waals surface area contributed by atoms with E-state index in [0.717, 1.165) is 6.92 Å². The molecule has 162 valence electrons. The second-order valence-electron chi connectivity index (χ2n) is 7.14. The van der Waals surface area contributed by atoms with E-state index in [9.17, 15) is 35.1 Å². The van der Waals surface area contributed by atoms with Gasteiger partial charge in [-0.1, -0.05) is 6.92 Å². The van der Waals surface area contributed by atoms with Crippen molar-refractivity contribution in [2.45, 2.75) is 47.0 Å². The van der Waals surface area contributed by atoms with Gasteiger partial charge in [-0.2, -0.15) is 0 Å². The number of benzene rings is 2. The Hall–Kier alpha value is -3.42. The van der Waals surface area contributed by atoms with E-state index in [2.05, 4.69) is 0 Å². The number of Topliss-reactive ketones (excluding diaryl/α,β-unsaturated/α-hetero) is 2. The molecule has 0 atom stereocenters. The zero-order valence-corrected chi connectivity index (χ0v) is 17.6. The molecule has 0 saturated carbocycles. The number of methoxy groups -OCH3 is 1. The Bertz CT molecular complexity index is 1040. The molecule has 0 heterocycles. The fourth-order valence-corrected chi connectivity index (χ4v) is 3.53. The minimum atomic E-state index is -0.642. The highest BCUT2D eigenvalue weighted by Crippen LogP contribution is 2.48. The van der Waals surface area contributed by atoms with Gasteiger partial charge < -0.3 is 30.3 Å². The molecule has 8 heteroatoms. The molecule has 30 heavy (non-hydrogen) atoms. The fraction of sp³-hybridized carbons (Fsp3) is 0.364. The first kappa shape index (κ1) is 22.9. The van der Waals surface area contributed by atoms with Crippen LogP contribution in [0.15, 0.2) is 0 Å². The van der Waals surface area contributed by atoms with Crippen molar-refractivity contribution in [1.82, 2.24) is 0 Å². The molecule has 0 saturated heterocycles. The van der Waals surface area contributed by atoms with Crippen LogP contribution >= 0.6 is 0 Å². The topological polar surface area (TPSA) is 145 Å². The maximum atomic E-state index is 12.5. The normalized spacial score (nSPS) is 10.8. The van der Waals surface area contributed by atoms with Crippen molar-refractivity contribution in [2.24, 2.45) is 0 Å². The maximum Gasteiger partial charge on any atom is 0.170 e. The molecule has 0 aliphatic rings. The van der Waals surface area contributed by atoms with Crippen molar-refractivity contribution in [3.8, 4) is 34.5 Å². The summed E-state index contributed by atoms with van der Waals surface area (Å²) in [6.45, 7) is 5.80. The van der Waals surface area contributed by atoms with Gasteiger partial charge in [0.1, 0.15) is 45.6 Å². The summed E-state index contributed by atoms with van der Waals surface area (Å²) in [7, 11) is 1.31. The fourth-order valence-electron chi connectivity index (χ4n) is 3.53. The average Bonchev–Trinajstić information content (AvgIpc) is 2.67. The van der Waals surface area contributed by atoms with Gasteiger partial charge in [0.15, 0.2) is 11.6 Å². The Morgan fingerprint density at radius 1 is 0.800 bits per heavy atom. The first-order valence-corrected chi connectivity index (χ1v) is 9.41. The monoisotopic (exact) mass is 418 g/mol. The lowest BCUT2D eigenvalue weighted by atomic mass is 9.90. The van der Waals surface area contributed by atoms with E-state index in [0.29, 0.717) is 6.42 Å². The molecule has 0 bridgehead atoms. The number of phenolic OH excluding ortho intramolecular Hbond substituents is 5. The van der Waals surface area contributed by atoms with Crippen molar-refractivity contribution in [2.75, 3.05) is 7.11 Å². The smallest absolute Gasteiger partial charge is 0.170 e. The highest BCUT2D eigenvalue weighted by molar-refractivity contribution is 6.03. The number of aromatic hydroxyl groups is 5. The van der Waals surface area contributed by atoms with Crippen molar-refractivity contribution in [3.05, 3.63) is 33.4 Å². The number of rotatable bonds is 7. The van der Waals surface area contributed by atoms with E-state index in [-0.39, 0.29) is 52.0 Å². The van der Waals surface area contributed by atoms with Crippen LogP contribution in [0.4, 0.5) is 0 Å². The van der Waals surface area contributed by atoms with Crippen molar-refractivity contribution < 1.29 is 39.9 Å². The lowest BCUT2D eigenvalue weighted by molar-refractivity contribution is 0.0973. The van der Waals surface area contributed by atoms with E-state index >= 15 is 0 Å². The van der Waals surface area contributed by atoms with Crippen LogP contribution in [-0.2, 0) is 6.42 Å². The summed E-state index contributed by atoms with van der Waals surface area (Å²) in [4.78, 5) is 24.4. The summed E-state index contributed by atoms with van der Waals surface area (Å²) in [5.74, 6) is -3.63. The highest BCUT2D eigenvalue weighted by Gasteiger charge is 2.30. The summed E-state index contributed by atoms with van der Waals surface area (Å²) in [5, 5.41) is 52.5. The molecule has 0 radical (unpaired) electrons. The van der Waals surface area contributed by atoms with Crippen LogP contribution in [0, 0.1) is 13.8 Å². The van der Waals surface area contributed by atoms with Crippen LogP contribution in [0.25, 0.3) is 0 Å². The molecule has 2 rings (SSSR count). The molecule has 2 aromatic carbocycles. The van der Waals surface area contributed by atoms with Gasteiger partial charge in [0.05, 0.1) is 7.11 Å². The van der Waals surface area contributed by atoms with Gasteiger partial charge in [-0.3, -0.25) is 9.59 Å². The van der Waals surface area contributed by atoms with E-state index in [1.54, 1.807) is 6.92 Å². The third-order valence-electron chi connectivity index (χ3n) is 5.15. The van der Waals surface area contributed by atoms with Gasteiger partial charge in [0.2, 0.25) is 0 Å². The van der Waals surface area contributed by atoms with Crippen molar-refractivity contribution in [3.63, 3.8) is 0 Å². The van der Waals surface area contributed by atoms with Crippen LogP contribution in [-0.4, -0.2) is 44.2 Å². The molecule has 0 amide bonds. The van der Waals surface area contributed by atoms with Crippen LogP contribution < -0.4 is 4.74 Å². The standard InChI is InChI=1S/C22H26O8/c1-6-7-14(24)16-19(27)10(3)22(30-5)13(21(16)29)8-12-17(25)9(2)18(26)15(11(4)23)20(12)28/h25-29H,6-8H2,1-5H3. The van der Waals surface area contributed by atoms with Crippen molar-refractivity contribution >= 4 is 11.6 Å². The first-order valence-electron chi connectivity index (χ1n) is 9.41. The van der Waals surface area contributed by atoms with Gasteiger partial charge in [-0.25, -0.2) is 0 Å². The van der Waals surface area contributed by atoms with Crippen LogP contribution in [0.1, 0.15) is 69.7 Å². The van der Waals surface area contributed by atoms with Crippen molar-refractivity contribution in [1.29, 1.82) is 0 Å². The Labute approximate surface area is 174 Å². The average molecular weight is 418 g/mol. The van der Waals surface area contributed by atoms with Crippen LogP contribution in [0.2, 0.25) is 0 Å². The minimum Gasteiger partial charge on any atom is -0.507 e. The Balaban J connectivity index is 2.84. The van der Waals surface area contributed by atoms with Gasteiger partial charge in [0, 0.05) is 35.1 Å². The zero-order valence-electron chi connectivity index (χ0n) is 17.6. The second kappa shape index (κ2) is 8.52. The molecule has 0 aromatic heterocycles. The van der Waals surface area contributed by atoms with Crippen LogP contribution in [0.3, 0.4) is 0 Å². The summed E-state index contributed by atoms with van der Waals surface area (Å²) in [6.07, 6.45) is 0.260. The summed E-state index contributed by atoms with van der Waals surface area (Å²) >= 11 is 0. The molecule has 0 aliphatic carbocycles. The van der Waals surface area contributed by atoms with E-state index in [4.69, 9.17) is 4.74 Å². The van der Waals surface area contributed by atoms with E-state index in [1.165, 1.54) is 21.0 Å². The lowest BCUT2D eigenvalue weighted by Gasteiger charge is -2.20. The Morgan fingerprint density at radius 2 is 1.33 bits per heavy atom. The molecule has 0 fully saturated rings. The van der Waals surface area contributed by atoms with Gasteiger partial charge in [-0.15, -0.1) is 0 Å². The number of ketones is 2. The number of ether oxygens (including phenoxy) is 1. The number of carbonyl (C=O) groups is 2. The zero-order chi connectivity index (χ0) is 22.9. The predicted molar refractivity (Wildman–Crippen MR) is 109 cm³/mol.